The molecule has 0 radical (unpaired) electrons. The summed E-state index contributed by atoms with van der Waals surface area (Å²) in [4.78, 5) is 16.2. The third kappa shape index (κ3) is 3.89. The lowest BCUT2D eigenvalue weighted by Gasteiger charge is -2.07. The Labute approximate surface area is 124 Å². The summed E-state index contributed by atoms with van der Waals surface area (Å²) in [7, 11) is 0. The van der Waals surface area contributed by atoms with Crippen molar-refractivity contribution in [2.24, 2.45) is 0 Å². The predicted octanol–water partition coefficient (Wildman–Crippen LogP) is 2.89. The Bertz CT molecular complexity index is 615. The van der Waals surface area contributed by atoms with Crippen LogP contribution in [0.15, 0.2) is 42.6 Å². The standard InChI is InChI=1S/C17H19N3O/c1-12-2-5-14(11-18-12)17(21)20-16-6-3-13(4-7-16)10-19-15-8-9-15/h2-7,11,15,19H,8-10H2,1H3,(H,20,21). The number of aryl methyl sites for hydroxylation is 1. The molecule has 2 N–H and O–H groups in total. The molecule has 1 heterocycles. The molecule has 4 nitrogen and oxygen atoms in total. The second-order valence-corrected chi connectivity index (χ2v) is 5.49. The van der Waals surface area contributed by atoms with Gasteiger partial charge in [0.2, 0.25) is 0 Å². The molecule has 0 aliphatic heterocycles. The quantitative estimate of drug-likeness (QED) is 0.886. The van der Waals surface area contributed by atoms with Crippen LogP contribution in [-0.2, 0) is 6.54 Å². The van der Waals surface area contributed by atoms with Gasteiger partial charge < -0.3 is 10.6 Å². The molecule has 1 aromatic heterocycles. The summed E-state index contributed by atoms with van der Waals surface area (Å²) in [6, 6.07) is 12.3. The largest absolute Gasteiger partial charge is 0.322 e. The first-order chi connectivity index (χ1) is 10.2. The van der Waals surface area contributed by atoms with Gasteiger partial charge in [-0.25, -0.2) is 0 Å². The van der Waals surface area contributed by atoms with Crippen molar-refractivity contribution in [3.63, 3.8) is 0 Å². The van der Waals surface area contributed by atoms with Crippen molar-refractivity contribution in [3.05, 3.63) is 59.4 Å². The van der Waals surface area contributed by atoms with Crippen molar-refractivity contribution < 1.29 is 4.79 Å². The molecule has 1 saturated carbocycles. The maximum Gasteiger partial charge on any atom is 0.257 e. The molecule has 1 amide bonds. The molecule has 1 aliphatic carbocycles. The fraction of sp³-hybridized carbons (Fsp3) is 0.294. The van der Waals surface area contributed by atoms with E-state index in [0.717, 1.165) is 17.9 Å². The van der Waals surface area contributed by atoms with Crippen molar-refractivity contribution in [1.82, 2.24) is 10.3 Å². The smallest absolute Gasteiger partial charge is 0.257 e. The zero-order chi connectivity index (χ0) is 14.7. The Morgan fingerprint density at radius 1 is 1.19 bits per heavy atom. The normalized spacial score (nSPS) is 14.0. The maximum absolute atomic E-state index is 12.1. The van der Waals surface area contributed by atoms with E-state index in [1.54, 1.807) is 12.3 Å². The number of pyridine rings is 1. The van der Waals surface area contributed by atoms with E-state index in [4.69, 9.17) is 0 Å². The lowest BCUT2D eigenvalue weighted by molar-refractivity contribution is 0.102. The Hall–Kier alpha value is -2.20. The van der Waals surface area contributed by atoms with Crippen LogP contribution in [0, 0.1) is 6.92 Å². The molecule has 3 rings (SSSR count). The number of hydrogen-bond donors (Lipinski definition) is 2. The predicted molar refractivity (Wildman–Crippen MR) is 83.2 cm³/mol. The topological polar surface area (TPSA) is 54.0 Å². The van der Waals surface area contributed by atoms with Crippen molar-refractivity contribution in [1.29, 1.82) is 0 Å². The van der Waals surface area contributed by atoms with Gasteiger partial charge in [0.15, 0.2) is 0 Å². The molecule has 108 valence electrons. The van der Waals surface area contributed by atoms with Crippen LogP contribution in [0.1, 0.15) is 34.5 Å². The van der Waals surface area contributed by atoms with Crippen LogP contribution in [-0.4, -0.2) is 16.9 Å². The average Bonchev–Trinajstić information content (AvgIpc) is 3.31. The summed E-state index contributed by atoms with van der Waals surface area (Å²) in [5.41, 5.74) is 3.51. The number of hydrogen-bond acceptors (Lipinski definition) is 3. The number of nitrogens with one attached hydrogen (secondary N) is 2. The monoisotopic (exact) mass is 281 g/mol. The fourth-order valence-electron chi connectivity index (χ4n) is 2.06. The lowest BCUT2D eigenvalue weighted by Crippen LogP contribution is -2.15. The minimum absolute atomic E-state index is 0.133. The maximum atomic E-state index is 12.1. The zero-order valence-corrected chi connectivity index (χ0v) is 12.1. The van der Waals surface area contributed by atoms with Gasteiger partial charge in [-0.05, 0) is 49.6 Å². The zero-order valence-electron chi connectivity index (χ0n) is 12.1. The number of anilines is 1. The van der Waals surface area contributed by atoms with Gasteiger partial charge in [0.25, 0.3) is 5.91 Å². The minimum Gasteiger partial charge on any atom is -0.322 e. The van der Waals surface area contributed by atoms with Crippen LogP contribution in [0.3, 0.4) is 0 Å². The number of carbonyl (C=O) groups excluding carboxylic acids is 1. The van der Waals surface area contributed by atoms with Gasteiger partial charge in [0.05, 0.1) is 5.56 Å². The Morgan fingerprint density at radius 3 is 2.57 bits per heavy atom. The Morgan fingerprint density at radius 2 is 1.95 bits per heavy atom. The minimum atomic E-state index is -0.133. The van der Waals surface area contributed by atoms with Gasteiger partial charge >= 0.3 is 0 Å². The third-order valence-corrected chi connectivity index (χ3v) is 3.56. The van der Waals surface area contributed by atoms with E-state index >= 15 is 0 Å². The highest BCUT2D eigenvalue weighted by atomic mass is 16.1. The highest BCUT2D eigenvalue weighted by molar-refractivity contribution is 6.04. The molecular weight excluding hydrogens is 262 g/mol. The van der Waals surface area contributed by atoms with Crippen molar-refractivity contribution >= 4 is 11.6 Å². The summed E-state index contributed by atoms with van der Waals surface area (Å²) in [6.07, 6.45) is 4.18. The van der Waals surface area contributed by atoms with Crippen LogP contribution in [0.25, 0.3) is 0 Å². The van der Waals surface area contributed by atoms with E-state index in [0.29, 0.717) is 11.6 Å². The number of amides is 1. The van der Waals surface area contributed by atoms with Crippen molar-refractivity contribution in [2.45, 2.75) is 32.4 Å². The summed E-state index contributed by atoms with van der Waals surface area (Å²) in [5.74, 6) is -0.133. The second-order valence-electron chi connectivity index (χ2n) is 5.49. The van der Waals surface area contributed by atoms with Crippen molar-refractivity contribution in [3.8, 4) is 0 Å². The van der Waals surface area contributed by atoms with Gasteiger partial charge in [-0.15, -0.1) is 0 Å². The van der Waals surface area contributed by atoms with Gasteiger partial charge in [0, 0.05) is 30.2 Å². The van der Waals surface area contributed by atoms with Gasteiger partial charge in [-0.1, -0.05) is 12.1 Å². The molecule has 4 heteroatoms. The first kappa shape index (κ1) is 13.8. The van der Waals surface area contributed by atoms with Crippen LogP contribution in [0.5, 0.6) is 0 Å². The fourth-order valence-corrected chi connectivity index (χ4v) is 2.06. The van der Waals surface area contributed by atoms with Gasteiger partial charge in [0.1, 0.15) is 0 Å². The van der Waals surface area contributed by atoms with E-state index in [1.165, 1.54) is 18.4 Å². The summed E-state index contributed by atoms with van der Waals surface area (Å²) >= 11 is 0. The molecule has 21 heavy (non-hydrogen) atoms. The molecule has 0 saturated heterocycles. The first-order valence-electron chi connectivity index (χ1n) is 7.27. The van der Waals surface area contributed by atoms with E-state index in [1.807, 2.05) is 37.3 Å². The van der Waals surface area contributed by atoms with Crippen LogP contribution in [0.2, 0.25) is 0 Å². The number of nitrogens with zero attached hydrogens (tertiary/aromatic N) is 1. The molecule has 1 fully saturated rings. The molecule has 0 spiro atoms. The number of benzene rings is 1. The summed E-state index contributed by atoms with van der Waals surface area (Å²) < 4.78 is 0. The first-order valence-corrected chi connectivity index (χ1v) is 7.27. The Kier molecular flexibility index (Phi) is 3.97. The molecule has 0 bridgehead atoms. The van der Waals surface area contributed by atoms with Crippen LogP contribution in [0.4, 0.5) is 5.69 Å². The van der Waals surface area contributed by atoms with E-state index in [9.17, 15) is 4.79 Å². The van der Waals surface area contributed by atoms with Crippen LogP contribution >= 0.6 is 0 Å². The molecule has 0 unspecified atom stereocenters. The van der Waals surface area contributed by atoms with Crippen LogP contribution < -0.4 is 10.6 Å². The van der Waals surface area contributed by atoms with E-state index in [2.05, 4.69) is 15.6 Å². The summed E-state index contributed by atoms with van der Waals surface area (Å²) in [6.45, 7) is 2.79. The number of rotatable bonds is 5. The second kappa shape index (κ2) is 6.06. The van der Waals surface area contributed by atoms with Gasteiger partial charge in [-0.2, -0.15) is 0 Å². The molecule has 1 aliphatic rings. The van der Waals surface area contributed by atoms with Gasteiger partial charge in [-0.3, -0.25) is 9.78 Å². The Balaban J connectivity index is 1.58. The van der Waals surface area contributed by atoms with E-state index in [-0.39, 0.29) is 5.91 Å². The van der Waals surface area contributed by atoms with E-state index < -0.39 is 0 Å². The summed E-state index contributed by atoms with van der Waals surface area (Å²) in [5, 5.41) is 6.35. The third-order valence-electron chi connectivity index (χ3n) is 3.56. The number of carbonyl (C=O) groups is 1. The highest BCUT2D eigenvalue weighted by Crippen LogP contribution is 2.19. The molecule has 0 atom stereocenters. The van der Waals surface area contributed by atoms with Crippen molar-refractivity contribution in [2.75, 3.05) is 5.32 Å². The lowest BCUT2D eigenvalue weighted by atomic mass is 10.2. The molecule has 2 aromatic rings. The number of aromatic nitrogens is 1. The molecule has 1 aromatic carbocycles. The average molecular weight is 281 g/mol. The highest BCUT2D eigenvalue weighted by Gasteiger charge is 2.19. The SMILES string of the molecule is Cc1ccc(C(=O)Nc2ccc(CNC3CC3)cc2)cn1. The molecular formula is C17H19N3O.